The van der Waals surface area contributed by atoms with Gasteiger partial charge in [-0.3, -0.25) is 4.98 Å². The number of aryl methyl sites for hydroxylation is 1. The second-order valence-corrected chi connectivity index (χ2v) is 7.71. The molecule has 0 bridgehead atoms. The Balaban J connectivity index is 0.00000240. The molecule has 150 valence electrons. The molecule has 1 fully saturated rings. The number of hydrogen-bond acceptors (Lipinski definition) is 4. The quantitative estimate of drug-likeness (QED) is 0.560. The highest BCUT2D eigenvalue weighted by atomic mass is 35.5. The molecule has 1 atom stereocenters. The normalized spacial score (nSPS) is 16.2. The number of pyridine rings is 1. The molecule has 1 aromatic heterocycles. The van der Waals surface area contributed by atoms with E-state index in [1.165, 1.54) is 23.9 Å². The van der Waals surface area contributed by atoms with Gasteiger partial charge in [-0.25, -0.2) is 0 Å². The number of benzene rings is 2. The minimum absolute atomic E-state index is 0. The van der Waals surface area contributed by atoms with Crippen molar-refractivity contribution in [1.29, 1.82) is 5.26 Å². The molecule has 0 saturated carbocycles. The van der Waals surface area contributed by atoms with Crippen LogP contribution in [0.2, 0.25) is 0 Å². The van der Waals surface area contributed by atoms with Gasteiger partial charge in [0, 0.05) is 41.5 Å². The average molecular weight is 408 g/mol. The minimum atomic E-state index is 0. The predicted octanol–water partition coefficient (Wildman–Crippen LogP) is 5.65. The fourth-order valence-corrected chi connectivity index (χ4v) is 3.99. The molecule has 3 aromatic rings. The van der Waals surface area contributed by atoms with Gasteiger partial charge in [-0.1, -0.05) is 25.1 Å². The second-order valence-electron chi connectivity index (χ2n) is 7.71. The van der Waals surface area contributed by atoms with E-state index in [2.05, 4.69) is 30.0 Å². The summed E-state index contributed by atoms with van der Waals surface area (Å²) in [4.78, 5) is 7.24. The molecular formula is C24H26ClN3O. The molecule has 1 saturated heterocycles. The Labute approximate surface area is 178 Å². The van der Waals surface area contributed by atoms with Crippen LogP contribution in [-0.2, 0) is 6.61 Å². The van der Waals surface area contributed by atoms with Crippen LogP contribution in [0, 0.1) is 24.2 Å². The number of nitrogens with zero attached hydrogens (tertiary/aromatic N) is 3. The van der Waals surface area contributed by atoms with Crippen LogP contribution in [0.15, 0.2) is 48.5 Å². The number of fused-ring (bicyclic) bond motifs is 1. The van der Waals surface area contributed by atoms with Gasteiger partial charge >= 0.3 is 0 Å². The number of halogens is 1. The number of rotatable bonds is 4. The Morgan fingerprint density at radius 3 is 2.83 bits per heavy atom. The van der Waals surface area contributed by atoms with E-state index in [1.54, 1.807) is 0 Å². The first-order valence-corrected chi connectivity index (χ1v) is 9.91. The molecule has 1 aliphatic rings. The zero-order valence-corrected chi connectivity index (χ0v) is 17.7. The summed E-state index contributed by atoms with van der Waals surface area (Å²) < 4.78 is 5.98. The van der Waals surface area contributed by atoms with Gasteiger partial charge in [0.2, 0.25) is 0 Å². The molecule has 0 N–H and O–H groups in total. The summed E-state index contributed by atoms with van der Waals surface area (Å²) in [7, 11) is 0. The van der Waals surface area contributed by atoms with E-state index in [0.29, 0.717) is 12.2 Å². The molecular weight excluding hydrogens is 382 g/mol. The smallest absolute Gasteiger partial charge is 0.122 e. The largest absolute Gasteiger partial charge is 0.489 e. The molecule has 0 radical (unpaired) electrons. The van der Waals surface area contributed by atoms with E-state index < -0.39 is 0 Å². The first-order valence-electron chi connectivity index (χ1n) is 9.91. The summed E-state index contributed by atoms with van der Waals surface area (Å²) in [5, 5.41) is 10.4. The fourth-order valence-electron chi connectivity index (χ4n) is 3.99. The first kappa shape index (κ1) is 21.0. The zero-order chi connectivity index (χ0) is 19.5. The fraction of sp³-hybridized carbons (Fsp3) is 0.333. The molecule has 4 nitrogen and oxygen atoms in total. The molecule has 4 rings (SSSR count). The van der Waals surface area contributed by atoms with Crippen LogP contribution < -0.4 is 9.64 Å². The Bertz CT molecular complexity index is 1040. The molecule has 0 spiro atoms. The lowest BCUT2D eigenvalue weighted by Gasteiger charge is -2.33. The van der Waals surface area contributed by atoms with Crippen molar-refractivity contribution in [3.8, 4) is 11.8 Å². The van der Waals surface area contributed by atoms with Crippen molar-refractivity contribution < 1.29 is 4.74 Å². The van der Waals surface area contributed by atoms with Crippen molar-refractivity contribution in [2.75, 3.05) is 18.0 Å². The molecule has 1 unspecified atom stereocenters. The topological polar surface area (TPSA) is 49.1 Å². The number of nitriles is 1. The SMILES string of the molecule is Cc1cc(N2CCCC(C)C2)c2ccc(OCc3ccccc3C#N)cc2n1.Cl. The van der Waals surface area contributed by atoms with Gasteiger partial charge in [0.15, 0.2) is 0 Å². The molecule has 5 heteroatoms. The highest BCUT2D eigenvalue weighted by Gasteiger charge is 2.19. The van der Waals surface area contributed by atoms with E-state index in [9.17, 15) is 5.26 Å². The van der Waals surface area contributed by atoms with Crippen molar-refractivity contribution in [3.63, 3.8) is 0 Å². The number of aromatic nitrogens is 1. The van der Waals surface area contributed by atoms with Crippen LogP contribution in [0.3, 0.4) is 0 Å². The van der Waals surface area contributed by atoms with Crippen molar-refractivity contribution in [1.82, 2.24) is 4.98 Å². The maximum Gasteiger partial charge on any atom is 0.122 e. The average Bonchev–Trinajstić information content (AvgIpc) is 2.71. The number of piperidine rings is 1. The third kappa shape index (κ3) is 4.63. The number of anilines is 1. The van der Waals surface area contributed by atoms with E-state index in [1.807, 2.05) is 43.3 Å². The minimum Gasteiger partial charge on any atom is -0.489 e. The van der Waals surface area contributed by atoms with E-state index >= 15 is 0 Å². The summed E-state index contributed by atoms with van der Waals surface area (Å²) in [5.74, 6) is 1.50. The first-order chi connectivity index (χ1) is 13.6. The molecule has 29 heavy (non-hydrogen) atoms. The Hall–Kier alpha value is -2.77. The van der Waals surface area contributed by atoms with Crippen LogP contribution in [0.1, 0.15) is 36.6 Å². The maximum absolute atomic E-state index is 9.24. The van der Waals surface area contributed by atoms with Crippen LogP contribution in [0.4, 0.5) is 5.69 Å². The monoisotopic (exact) mass is 407 g/mol. The third-order valence-corrected chi connectivity index (χ3v) is 5.42. The third-order valence-electron chi connectivity index (χ3n) is 5.42. The van der Waals surface area contributed by atoms with Gasteiger partial charge in [0.1, 0.15) is 12.4 Å². The van der Waals surface area contributed by atoms with E-state index in [-0.39, 0.29) is 12.4 Å². The van der Waals surface area contributed by atoms with Crippen LogP contribution in [0.25, 0.3) is 10.9 Å². The van der Waals surface area contributed by atoms with Crippen LogP contribution >= 0.6 is 12.4 Å². The molecule has 0 aliphatic carbocycles. The molecule has 2 aromatic carbocycles. The number of ether oxygens (including phenoxy) is 1. The summed E-state index contributed by atoms with van der Waals surface area (Å²) in [5.41, 5.74) is 4.80. The second kappa shape index (κ2) is 9.15. The summed E-state index contributed by atoms with van der Waals surface area (Å²) >= 11 is 0. The lowest BCUT2D eigenvalue weighted by Crippen LogP contribution is -2.34. The summed E-state index contributed by atoms with van der Waals surface area (Å²) in [6.07, 6.45) is 2.55. The van der Waals surface area contributed by atoms with Gasteiger partial charge in [-0.15, -0.1) is 12.4 Å². The molecule has 2 heterocycles. The van der Waals surface area contributed by atoms with E-state index in [4.69, 9.17) is 9.72 Å². The van der Waals surface area contributed by atoms with Crippen molar-refractivity contribution in [3.05, 3.63) is 65.4 Å². The van der Waals surface area contributed by atoms with Gasteiger partial charge < -0.3 is 9.64 Å². The van der Waals surface area contributed by atoms with Crippen molar-refractivity contribution in [2.45, 2.75) is 33.3 Å². The van der Waals surface area contributed by atoms with Gasteiger partial charge in [-0.05, 0) is 49.9 Å². The van der Waals surface area contributed by atoms with Crippen molar-refractivity contribution >= 4 is 29.0 Å². The van der Waals surface area contributed by atoms with E-state index in [0.717, 1.165) is 41.5 Å². The zero-order valence-electron chi connectivity index (χ0n) is 16.9. The van der Waals surface area contributed by atoms with Gasteiger partial charge in [0.05, 0.1) is 17.1 Å². The number of hydrogen-bond donors (Lipinski definition) is 0. The van der Waals surface area contributed by atoms with Crippen LogP contribution in [-0.4, -0.2) is 18.1 Å². The van der Waals surface area contributed by atoms with Crippen LogP contribution in [0.5, 0.6) is 5.75 Å². The molecule has 0 amide bonds. The summed E-state index contributed by atoms with van der Waals surface area (Å²) in [6.45, 7) is 6.95. The highest BCUT2D eigenvalue weighted by Crippen LogP contribution is 2.32. The Morgan fingerprint density at radius 1 is 1.21 bits per heavy atom. The Kier molecular flexibility index (Phi) is 6.61. The Morgan fingerprint density at radius 2 is 2.03 bits per heavy atom. The molecule has 1 aliphatic heterocycles. The van der Waals surface area contributed by atoms with Crippen molar-refractivity contribution in [2.24, 2.45) is 5.92 Å². The standard InChI is InChI=1S/C24H25N3O.ClH/c1-17-6-5-11-27(15-17)24-12-18(2)26-23-13-21(9-10-22(23)24)28-16-20-8-4-3-7-19(20)14-25;/h3-4,7-10,12-13,17H,5-6,11,15-16H2,1-2H3;1H. The van der Waals surface area contributed by atoms with Gasteiger partial charge in [0.25, 0.3) is 0 Å². The van der Waals surface area contributed by atoms with Gasteiger partial charge in [-0.2, -0.15) is 5.26 Å². The maximum atomic E-state index is 9.24. The predicted molar refractivity (Wildman–Crippen MR) is 120 cm³/mol. The highest BCUT2D eigenvalue weighted by molar-refractivity contribution is 5.93. The lowest BCUT2D eigenvalue weighted by atomic mass is 9.99. The summed E-state index contributed by atoms with van der Waals surface area (Å²) in [6, 6.07) is 18.1. The lowest BCUT2D eigenvalue weighted by molar-refractivity contribution is 0.306.